The second kappa shape index (κ2) is 6.92. The van der Waals surface area contributed by atoms with Crippen molar-refractivity contribution in [3.05, 3.63) is 83.8 Å². The van der Waals surface area contributed by atoms with Crippen molar-refractivity contribution in [2.24, 2.45) is 0 Å². The SMILES string of the molecule is Fc1ccc(C2CCN(Cc3ccoc3)c3ccccc3S2)cc1F. The third kappa shape index (κ3) is 3.42. The van der Waals surface area contributed by atoms with Crippen molar-refractivity contribution in [1.29, 1.82) is 0 Å². The predicted molar refractivity (Wildman–Crippen MR) is 95.8 cm³/mol. The first kappa shape index (κ1) is 16.2. The van der Waals surface area contributed by atoms with Gasteiger partial charge in [0.25, 0.3) is 0 Å². The number of nitrogens with zero attached hydrogens (tertiary/aromatic N) is 1. The summed E-state index contributed by atoms with van der Waals surface area (Å²) < 4.78 is 32.1. The molecule has 0 amide bonds. The van der Waals surface area contributed by atoms with Gasteiger partial charge in [-0.2, -0.15) is 0 Å². The van der Waals surface area contributed by atoms with E-state index in [1.165, 1.54) is 17.8 Å². The standard InChI is InChI=1S/C20H17F2NOS/c21-16-6-5-15(11-17(16)22)19-7-9-23(12-14-8-10-24-13-14)18-3-1-2-4-20(18)25-19/h1-6,8,10-11,13,19H,7,9,12H2. The van der Waals surface area contributed by atoms with Crippen LogP contribution in [0.1, 0.15) is 22.8 Å². The van der Waals surface area contributed by atoms with E-state index in [0.717, 1.165) is 35.5 Å². The Kier molecular flexibility index (Phi) is 4.49. The molecule has 0 aliphatic carbocycles. The van der Waals surface area contributed by atoms with Gasteiger partial charge in [-0.1, -0.05) is 18.2 Å². The van der Waals surface area contributed by atoms with Crippen LogP contribution >= 0.6 is 11.8 Å². The topological polar surface area (TPSA) is 16.4 Å². The molecule has 2 heterocycles. The molecule has 128 valence electrons. The number of benzene rings is 2. The van der Waals surface area contributed by atoms with E-state index in [4.69, 9.17) is 4.42 Å². The van der Waals surface area contributed by atoms with Gasteiger partial charge < -0.3 is 9.32 Å². The monoisotopic (exact) mass is 357 g/mol. The summed E-state index contributed by atoms with van der Waals surface area (Å²) in [5.41, 5.74) is 3.11. The molecule has 0 fully saturated rings. The zero-order chi connectivity index (χ0) is 17.2. The molecule has 0 radical (unpaired) electrons. The van der Waals surface area contributed by atoms with Crippen LogP contribution in [-0.2, 0) is 6.54 Å². The Balaban J connectivity index is 1.64. The molecule has 0 N–H and O–H groups in total. The summed E-state index contributed by atoms with van der Waals surface area (Å²) in [7, 11) is 0. The summed E-state index contributed by atoms with van der Waals surface area (Å²) in [5.74, 6) is -1.59. The maximum Gasteiger partial charge on any atom is 0.159 e. The van der Waals surface area contributed by atoms with Gasteiger partial charge in [0.2, 0.25) is 0 Å². The summed E-state index contributed by atoms with van der Waals surface area (Å²) in [6.07, 6.45) is 4.29. The average molecular weight is 357 g/mol. The lowest BCUT2D eigenvalue weighted by Crippen LogP contribution is -2.23. The van der Waals surface area contributed by atoms with Crippen LogP contribution < -0.4 is 4.90 Å². The van der Waals surface area contributed by atoms with Crippen LogP contribution in [0, 0.1) is 11.6 Å². The van der Waals surface area contributed by atoms with Gasteiger partial charge in [-0.15, -0.1) is 11.8 Å². The number of fused-ring (bicyclic) bond motifs is 1. The van der Waals surface area contributed by atoms with E-state index in [9.17, 15) is 8.78 Å². The Hall–Kier alpha value is -2.27. The third-order valence-corrected chi connectivity index (χ3v) is 5.80. The smallest absolute Gasteiger partial charge is 0.159 e. The van der Waals surface area contributed by atoms with E-state index in [2.05, 4.69) is 17.0 Å². The summed E-state index contributed by atoms with van der Waals surface area (Å²) in [6.45, 7) is 1.59. The highest BCUT2D eigenvalue weighted by atomic mass is 32.2. The van der Waals surface area contributed by atoms with Crippen molar-refractivity contribution < 1.29 is 13.2 Å². The molecule has 1 unspecified atom stereocenters. The first-order valence-electron chi connectivity index (χ1n) is 8.17. The molecular weight excluding hydrogens is 340 g/mol. The number of anilines is 1. The molecule has 0 spiro atoms. The first-order valence-corrected chi connectivity index (χ1v) is 9.05. The van der Waals surface area contributed by atoms with Crippen LogP contribution in [0.5, 0.6) is 0 Å². The maximum atomic E-state index is 13.7. The molecule has 1 aliphatic rings. The fourth-order valence-corrected chi connectivity index (χ4v) is 4.43. The molecule has 2 aromatic carbocycles. The van der Waals surface area contributed by atoms with Gasteiger partial charge in [-0.3, -0.25) is 0 Å². The lowest BCUT2D eigenvalue weighted by Gasteiger charge is -2.23. The van der Waals surface area contributed by atoms with Crippen molar-refractivity contribution in [3.63, 3.8) is 0 Å². The van der Waals surface area contributed by atoms with Crippen molar-refractivity contribution in [2.45, 2.75) is 23.1 Å². The summed E-state index contributed by atoms with van der Waals surface area (Å²) in [5, 5.41) is 0.0885. The van der Waals surface area contributed by atoms with Crippen molar-refractivity contribution in [1.82, 2.24) is 0 Å². The lowest BCUT2D eigenvalue weighted by molar-refractivity contribution is 0.506. The highest BCUT2D eigenvalue weighted by molar-refractivity contribution is 7.99. The molecule has 25 heavy (non-hydrogen) atoms. The number of hydrogen-bond donors (Lipinski definition) is 0. The molecule has 4 rings (SSSR count). The number of rotatable bonds is 3. The number of para-hydroxylation sites is 1. The van der Waals surface area contributed by atoms with Gasteiger partial charge in [0, 0.05) is 28.8 Å². The lowest BCUT2D eigenvalue weighted by atomic mass is 10.1. The van der Waals surface area contributed by atoms with Crippen LogP contribution in [0.25, 0.3) is 0 Å². The van der Waals surface area contributed by atoms with Crippen LogP contribution in [0.15, 0.2) is 70.4 Å². The Morgan fingerprint density at radius 2 is 1.96 bits per heavy atom. The number of hydrogen-bond acceptors (Lipinski definition) is 3. The molecule has 2 nitrogen and oxygen atoms in total. The van der Waals surface area contributed by atoms with Gasteiger partial charge in [-0.05, 0) is 42.3 Å². The Bertz CT molecular complexity index is 866. The van der Waals surface area contributed by atoms with Crippen molar-refractivity contribution in [3.8, 4) is 0 Å². The molecule has 0 saturated heterocycles. The van der Waals surface area contributed by atoms with Crippen LogP contribution in [0.2, 0.25) is 0 Å². The molecule has 3 aromatic rings. The van der Waals surface area contributed by atoms with Gasteiger partial charge in [0.05, 0.1) is 18.2 Å². The van der Waals surface area contributed by atoms with Gasteiger partial charge in [0.1, 0.15) is 0 Å². The predicted octanol–water partition coefficient (Wildman–Crippen LogP) is 5.80. The number of halogens is 2. The van der Waals surface area contributed by atoms with E-state index in [-0.39, 0.29) is 5.25 Å². The molecule has 1 atom stereocenters. The zero-order valence-corrected chi connectivity index (χ0v) is 14.3. The van der Waals surface area contributed by atoms with E-state index in [1.54, 1.807) is 30.4 Å². The highest BCUT2D eigenvalue weighted by Gasteiger charge is 2.24. The Morgan fingerprint density at radius 1 is 1.08 bits per heavy atom. The van der Waals surface area contributed by atoms with E-state index in [1.807, 2.05) is 18.2 Å². The zero-order valence-electron chi connectivity index (χ0n) is 13.5. The average Bonchev–Trinajstić information content (AvgIpc) is 3.06. The number of furan rings is 1. The van der Waals surface area contributed by atoms with Gasteiger partial charge >= 0.3 is 0 Å². The van der Waals surface area contributed by atoms with E-state index < -0.39 is 11.6 Å². The second-order valence-corrected chi connectivity index (χ2v) is 7.33. The fraction of sp³-hybridized carbons (Fsp3) is 0.200. The summed E-state index contributed by atoms with van der Waals surface area (Å²) in [4.78, 5) is 3.46. The second-order valence-electron chi connectivity index (χ2n) is 6.09. The molecule has 1 aromatic heterocycles. The summed E-state index contributed by atoms with van der Waals surface area (Å²) in [6, 6.07) is 14.4. The minimum atomic E-state index is -0.802. The van der Waals surface area contributed by atoms with Gasteiger partial charge in [0.15, 0.2) is 11.6 Å². The fourth-order valence-electron chi connectivity index (χ4n) is 3.14. The molecule has 5 heteroatoms. The Labute approximate surface area is 149 Å². The minimum absolute atomic E-state index is 0.0885. The first-order chi connectivity index (χ1) is 12.2. The van der Waals surface area contributed by atoms with Gasteiger partial charge in [-0.25, -0.2) is 8.78 Å². The normalized spacial score (nSPS) is 17.2. The van der Waals surface area contributed by atoms with Crippen molar-refractivity contribution in [2.75, 3.05) is 11.4 Å². The highest BCUT2D eigenvalue weighted by Crippen LogP contribution is 2.45. The van der Waals surface area contributed by atoms with Crippen LogP contribution in [0.4, 0.5) is 14.5 Å². The largest absolute Gasteiger partial charge is 0.472 e. The molecule has 0 bridgehead atoms. The minimum Gasteiger partial charge on any atom is -0.472 e. The molecular formula is C20H17F2NOS. The molecule has 0 saturated carbocycles. The molecule has 1 aliphatic heterocycles. The van der Waals surface area contributed by atoms with Crippen LogP contribution in [0.3, 0.4) is 0 Å². The van der Waals surface area contributed by atoms with E-state index >= 15 is 0 Å². The Morgan fingerprint density at radius 3 is 2.76 bits per heavy atom. The third-order valence-electron chi connectivity index (χ3n) is 4.41. The van der Waals surface area contributed by atoms with E-state index in [0.29, 0.717) is 0 Å². The quantitative estimate of drug-likeness (QED) is 0.589. The number of thioether (sulfide) groups is 1. The summed E-state index contributed by atoms with van der Waals surface area (Å²) >= 11 is 1.71. The van der Waals surface area contributed by atoms with Crippen molar-refractivity contribution >= 4 is 17.4 Å². The van der Waals surface area contributed by atoms with Crippen LogP contribution in [-0.4, -0.2) is 6.54 Å². The maximum absolute atomic E-state index is 13.7.